The van der Waals surface area contributed by atoms with Crippen LogP contribution in [-0.4, -0.2) is 17.6 Å². The number of carbonyl (C=O) groups excluding carboxylic acids is 1. The Labute approximate surface area is 117 Å². The van der Waals surface area contributed by atoms with Crippen LogP contribution in [0.15, 0.2) is 48.5 Å². The standard InChI is InChI=1S/C16H16FNO2/c1-2-18(14-8-6-13(17)7-9-14)16(20)11-12-4-3-5-15(19)10-12/h3-10,19H,2,11H2,1H3. The molecule has 2 rings (SSSR count). The first-order chi connectivity index (χ1) is 9.60. The summed E-state index contributed by atoms with van der Waals surface area (Å²) in [5.41, 5.74) is 1.41. The Bertz CT molecular complexity index is 596. The molecule has 2 aromatic carbocycles. The number of hydrogen-bond acceptors (Lipinski definition) is 2. The molecule has 0 fully saturated rings. The van der Waals surface area contributed by atoms with Gasteiger partial charge in [-0.05, 0) is 48.9 Å². The van der Waals surface area contributed by atoms with E-state index in [1.165, 1.54) is 12.1 Å². The number of halogens is 1. The molecule has 0 aromatic heterocycles. The Hall–Kier alpha value is -2.36. The van der Waals surface area contributed by atoms with E-state index in [1.807, 2.05) is 6.92 Å². The summed E-state index contributed by atoms with van der Waals surface area (Å²) >= 11 is 0. The second kappa shape index (κ2) is 6.19. The maximum atomic E-state index is 12.9. The summed E-state index contributed by atoms with van der Waals surface area (Å²) in [6.07, 6.45) is 0.194. The van der Waals surface area contributed by atoms with Crippen LogP contribution in [0.3, 0.4) is 0 Å². The zero-order valence-electron chi connectivity index (χ0n) is 11.2. The predicted octanol–water partition coefficient (Wildman–Crippen LogP) is 3.13. The third kappa shape index (κ3) is 3.35. The van der Waals surface area contributed by atoms with E-state index in [2.05, 4.69) is 0 Å². The van der Waals surface area contributed by atoms with E-state index >= 15 is 0 Å². The van der Waals surface area contributed by atoms with Crippen LogP contribution in [0.1, 0.15) is 12.5 Å². The Morgan fingerprint density at radius 1 is 1.20 bits per heavy atom. The molecule has 0 heterocycles. The maximum absolute atomic E-state index is 12.9. The first-order valence-corrected chi connectivity index (χ1v) is 6.44. The first kappa shape index (κ1) is 14.1. The van der Waals surface area contributed by atoms with Gasteiger partial charge < -0.3 is 10.0 Å². The molecular formula is C16H16FNO2. The van der Waals surface area contributed by atoms with Crippen LogP contribution >= 0.6 is 0 Å². The molecule has 104 valence electrons. The van der Waals surface area contributed by atoms with Crippen molar-refractivity contribution >= 4 is 11.6 Å². The minimum absolute atomic E-state index is 0.0929. The van der Waals surface area contributed by atoms with E-state index in [1.54, 1.807) is 41.3 Å². The fourth-order valence-corrected chi connectivity index (χ4v) is 2.06. The third-order valence-corrected chi connectivity index (χ3v) is 3.02. The van der Waals surface area contributed by atoms with Crippen molar-refractivity contribution in [2.45, 2.75) is 13.3 Å². The Balaban J connectivity index is 2.15. The van der Waals surface area contributed by atoms with Gasteiger partial charge in [-0.3, -0.25) is 4.79 Å². The molecule has 0 saturated heterocycles. The second-order valence-electron chi connectivity index (χ2n) is 4.46. The molecule has 0 radical (unpaired) electrons. The lowest BCUT2D eigenvalue weighted by atomic mass is 10.1. The minimum Gasteiger partial charge on any atom is -0.508 e. The van der Waals surface area contributed by atoms with E-state index in [0.29, 0.717) is 12.2 Å². The quantitative estimate of drug-likeness (QED) is 0.929. The van der Waals surface area contributed by atoms with Crippen molar-refractivity contribution in [1.82, 2.24) is 0 Å². The van der Waals surface area contributed by atoms with Gasteiger partial charge in [0.1, 0.15) is 11.6 Å². The number of aromatic hydroxyl groups is 1. The largest absolute Gasteiger partial charge is 0.508 e. The highest BCUT2D eigenvalue weighted by molar-refractivity contribution is 5.94. The molecule has 0 spiro atoms. The molecule has 0 unspecified atom stereocenters. The zero-order valence-corrected chi connectivity index (χ0v) is 11.2. The number of anilines is 1. The monoisotopic (exact) mass is 273 g/mol. The Kier molecular flexibility index (Phi) is 4.35. The van der Waals surface area contributed by atoms with Crippen molar-refractivity contribution in [3.05, 3.63) is 59.9 Å². The molecular weight excluding hydrogens is 257 g/mol. The van der Waals surface area contributed by atoms with Crippen LogP contribution in [0.4, 0.5) is 10.1 Å². The summed E-state index contributed by atoms with van der Waals surface area (Å²) in [7, 11) is 0. The fourth-order valence-electron chi connectivity index (χ4n) is 2.06. The van der Waals surface area contributed by atoms with Gasteiger partial charge in [-0.2, -0.15) is 0 Å². The van der Waals surface area contributed by atoms with E-state index in [9.17, 15) is 14.3 Å². The zero-order chi connectivity index (χ0) is 14.5. The number of carbonyl (C=O) groups is 1. The second-order valence-corrected chi connectivity index (χ2v) is 4.46. The van der Waals surface area contributed by atoms with Gasteiger partial charge in [0.2, 0.25) is 5.91 Å². The number of nitrogens with zero attached hydrogens (tertiary/aromatic N) is 1. The lowest BCUT2D eigenvalue weighted by molar-refractivity contribution is -0.117. The smallest absolute Gasteiger partial charge is 0.231 e. The molecule has 2 aromatic rings. The van der Waals surface area contributed by atoms with E-state index < -0.39 is 0 Å². The number of benzene rings is 2. The summed E-state index contributed by atoms with van der Waals surface area (Å²) in [6, 6.07) is 12.4. The van der Waals surface area contributed by atoms with Crippen LogP contribution in [0.2, 0.25) is 0 Å². The number of phenolic OH excluding ortho intramolecular Hbond substituents is 1. The van der Waals surface area contributed by atoms with Crippen molar-refractivity contribution in [1.29, 1.82) is 0 Å². The lowest BCUT2D eigenvalue weighted by Crippen LogP contribution is -2.31. The Morgan fingerprint density at radius 3 is 2.50 bits per heavy atom. The lowest BCUT2D eigenvalue weighted by Gasteiger charge is -2.21. The van der Waals surface area contributed by atoms with Crippen LogP contribution in [0.25, 0.3) is 0 Å². The van der Waals surface area contributed by atoms with Crippen molar-refractivity contribution in [2.75, 3.05) is 11.4 Å². The number of amides is 1. The fraction of sp³-hybridized carbons (Fsp3) is 0.188. The molecule has 0 aliphatic heterocycles. The number of likely N-dealkylation sites (N-methyl/N-ethyl adjacent to an activating group) is 1. The average molecular weight is 273 g/mol. The summed E-state index contributed by atoms with van der Waals surface area (Å²) < 4.78 is 12.9. The molecule has 0 bridgehead atoms. The first-order valence-electron chi connectivity index (χ1n) is 6.44. The molecule has 3 nitrogen and oxygen atoms in total. The molecule has 0 aliphatic carbocycles. The van der Waals surface area contributed by atoms with Gasteiger partial charge in [0.25, 0.3) is 0 Å². The highest BCUT2D eigenvalue weighted by Gasteiger charge is 2.14. The molecule has 0 saturated carbocycles. The summed E-state index contributed by atoms with van der Waals surface area (Å²) in [4.78, 5) is 13.9. The van der Waals surface area contributed by atoms with Gasteiger partial charge in [0, 0.05) is 12.2 Å². The summed E-state index contributed by atoms with van der Waals surface area (Å²) in [5, 5.41) is 9.40. The summed E-state index contributed by atoms with van der Waals surface area (Å²) in [6.45, 7) is 2.37. The number of phenols is 1. The molecule has 1 N–H and O–H groups in total. The highest BCUT2D eigenvalue weighted by Crippen LogP contribution is 2.17. The minimum atomic E-state index is -0.328. The van der Waals surface area contributed by atoms with Crippen LogP contribution < -0.4 is 4.90 Å². The normalized spacial score (nSPS) is 10.3. The van der Waals surface area contributed by atoms with Crippen LogP contribution in [-0.2, 0) is 11.2 Å². The average Bonchev–Trinajstić information content (AvgIpc) is 2.42. The van der Waals surface area contributed by atoms with Crippen LogP contribution in [0.5, 0.6) is 5.75 Å². The van der Waals surface area contributed by atoms with Gasteiger partial charge in [0.15, 0.2) is 0 Å². The van der Waals surface area contributed by atoms with Crippen molar-refractivity contribution < 1.29 is 14.3 Å². The van der Waals surface area contributed by atoms with Crippen molar-refractivity contribution in [3.63, 3.8) is 0 Å². The van der Waals surface area contributed by atoms with Gasteiger partial charge >= 0.3 is 0 Å². The van der Waals surface area contributed by atoms with Gasteiger partial charge in [0.05, 0.1) is 6.42 Å². The van der Waals surface area contributed by atoms with E-state index in [0.717, 1.165) is 5.56 Å². The van der Waals surface area contributed by atoms with Gasteiger partial charge in [-0.15, -0.1) is 0 Å². The molecule has 0 aliphatic rings. The van der Waals surface area contributed by atoms with E-state index in [4.69, 9.17) is 0 Å². The molecule has 0 atom stereocenters. The molecule has 20 heavy (non-hydrogen) atoms. The SMILES string of the molecule is CCN(C(=O)Cc1cccc(O)c1)c1ccc(F)cc1. The predicted molar refractivity (Wildman–Crippen MR) is 76.2 cm³/mol. The third-order valence-electron chi connectivity index (χ3n) is 3.02. The molecule has 1 amide bonds. The maximum Gasteiger partial charge on any atom is 0.231 e. The summed E-state index contributed by atoms with van der Waals surface area (Å²) in [5.74, 6) is -0.282. The Morgan fingerprint density at radius 2 is 1.90 bits per heavy atom. The highest BCUT2D eigenvalue weighted by atomic mass is 19.1. The number of rotatable bonds is 4. The van der Waals surface area contributed by atoms with Crippen LogP contribution in [0, 0.1) is 5.82 Å². The molecule has 4 heteroatoms. The van der Waals surface area contributed by atoms with Crippen molar-refractivity contribution in [2.24, 2.45) is 0 Å². The number of hydrogen-bond donors (Lipinski definition) is 1. The van der Waals surface area contributed by atoms with Crippen molar-refractivity contribution in [3.8, 4) is 5.75 Å². The van der Waals surface area contributed by atoms with E-state index in [-0.39, 0.29) is 23.9 Å². The van der Waals surface area contributed by atoms with Gasteiger partial charge in [-0.1, -0.05) is 12.1 Å². The van der Waals surface area contributed by atoms with Gasteiger partial charge in [-0.25, -0.2) is 4.39 Å². The topological polar surface area (TPSA) is 40.5 Å².